The van der Waals surface area contributed by atoms with Gasteiger partial charge in [-0.25, -0.2) is 0 Å². The second kappa shape index (κ2) is 4.97. The SMILES string of the molecule is CCCNC(CN1CCCC1=O)C1CC1. The van der Waals surface area contributed by atoms with Crippen LogP contribution in [0.1, 0.15) is 39.0 Å². The molecule has 1 heterocycles. The van der Waals surface area contributed by atoms with Gasteiger partial charge in [-0.15, -0.1) is 0 Å². The van der Waals surface area contributed by atoms with Gasteiger partial charge in [-0.3, -0.25) is 4.79 Å². The van der Waals surface area contributed by atoms with E-state index in [0.717, 1.165) is 38.4 Å². The number of hydrogen-bond donors (Lipinski definition) is 1. The summed E-state index contributed by atoms with van der Waals surface area (Å²) < 4.78 is 0. The van der Waals surface area contributed by atoms with Gasteiger partial charge in [-0.2, -0.15) is 0 Å². The van der Waals surface area contributed by atoms with Crippen molar-refractivity contribution in [3.05, 3.63) is 0 Å². The van der Waals surface area contributed by atoms with Crippen LogP contribution in [0.5, 0.6) is 0 Å². The topological polar surface area (TPSA) is 32.3 Å². The smallest absolute Gasteiger partial charge is 0.222 e. The fraction of sp³-hybridized carbons (Fsp3) is 0.917. The minimum atomic E-state index is 0.360. The Morgan fingerprint density at radius 1 is 1.53 bits per heavy atom. The predicted octanol–water partition coefficient (Wildman–Crippen LogP) is 1.39. The molecule has 1 saturated heterocycles. The van der Waals surface area contributed by atoms with Gasteiger partial charge in [0.05, 0.1) is 0 Å². The molecular weight excluding hydrogens is 188 g/mol. The third kappa shape index (κ3) is 2.94. The lowest BCUT2D eigenvalue weighted by Gasteiger charge is -2.24. The maximum atomic E-state index is 11.5. The summed E-state index contributed by atoms with van der Waals surface area (Å²) in [7, 11) is 0. The number of nitrogens with one attached hydrogen (secondary N) is 1. The lowest BCUT2D eigenvalue weighted by molar-refractivity contribution is -0.128. The molecule has 0 spiro atoms. The first-order chi connectivity index (χ1) is 7.31. The number of rotatable bonds is 6. The maximum Gasteiger partial charge on any atom is 0.222 e. The van der Waals surface area contributed by atoms with Crippen LogP contribution < -0.4 is 5.32 Å². The Balaban J connectivity index is 1.80. The van der Waals surface area contributed by atoms with Gasteiger partial charge in [0.1, 0.15) is 0 Å². The quantitative estimate of drug-likeness (QED) is 0.718. The Morgan fingerprint density at radius 3 is 2.87 bits per heavy atom. The van der Waals surface area contributed by atoms with Crippen molar-refractivity contribution in [2.75, 3.05) is 19.6 Å². The van der Waals surface area contributed by atoms with Crippen LogP contribution in [0, 0.1) is 5.92 Å². The highest BCUT2D eigenvalue weighted by molar-refractivity contribution is 5.78. The molecule has 1 N–H and O–H groups in total. The van der Waals surface area contributed by atoms with Crippen molar-refractivity contribution in [3.63, 3.8) is 0 Å². The molecule has 2 fully saturated rings. The van der Waals surface area contributed by atoms with Crippen LogP contribution in [-0.4, -0.2) is 36.5 Å². The van der Waals surface area contributed by atoms with Gasteiger partial charge in [0.25, 0.3) is 0 Å². The molecule has 86 valence electrons. The molecule has 0 aromatic carbocycles. The summed E-state index contributed by atoms with van der Waals surface area (Å²) in [5.41, 5.74) is 0. The standard InChI is InChI=1S/C12H22N2O/c1-2-7-13-11(10-5-6-10)9-14-8-3-4-12(14)15/h10-11,13H,2-9H2,1H3. The van der Waals surface area contributed by atoms with Crippen LogP contribution in [0.2, 0.25) is 0 Å². The maximum absolute atomic E-state index is 11.5. The average Bonchev–Trinajstić information content (AvgIpc) is 2.99. The van der Waals surface area contributed by atoms with Crippen molar-refractivity contribution in [2.24, 2.45) is 5.92 Å². The van der Waals surface area contributed by atoms with Crippen LogP contribution in [-0.2, 0) is 4.79 Å². The molecule has 2 aliphatic rings. The summed E-state index contributed by atoms with van der Waals surface area (Å²) in [5, 5.41) is 3.58. The Hall–Kier alpha value is -0.570. The molecule has 1 amide bonds. The normalized spacial score (nSPS) is 23.5. The van der Waals surface area contributed by atoms with Gasteiger partial charge in [0, 0.05) is 25.6 Å². The lowest BCUT2D eigenvalue weighted by Crippen LogP contribution is -2.43. The van der Waals surface area contributed by atoms with Crippen LogP contribution in [0.15, 0.2) is 0 Å². The monoisotopic (exact) mass is 210 g/mol. The first-order valence-electron chi connectivity index (χ1n) is 6.32. The van der Waals surface area contributed by atoms with Crippen molar-refractivity contribution in [2.45, 2.75) is 45.1 Å². The zero-order valence-electron chi connectivity index (χ0n) is 9.67. The number of carbonyl (C=O) groups excluding carboxylic acids is 1. The van der Waals surface area contributed by atoms with Crippen molar-refractivity contribution in [1.82, 2.24) is 10.2 Å². The van der Waals surface area contributed by atoms with Gasteiger partial charge in [-0.1, -0.05) is 6.92 Å². The van der Waals surface area contributed by atoms with E-state index >= 15 is 0 Å². The molecule has 1 atom stereocenters. The van der Waals surface area contributed by atoms with Gasteiger partial charge in [0.2, 0.25) is 5.91 Å². The molecule has 1 saturated carbocycles. The summed E-state index contributed by atoms with van der Waals surface area (Å²) in [6.07, 6.45) is 5.71. The van der Waals surface area contributed by atoms with Crippen LogP contribution in [0.25, 0.3) is 0 Å². The van der Waals surface area contributed by atoms with Crippen LogP contribution >= 0.6 is 0 Å². The van der Waals surface area contributed by atoms with E-state index in [4.69, 9.17) is 0 Å². The Labute approximate surface area is 92.2 Å². The summed E-state index contributed by atoms with van der Waals surface area (Å²) in [6.45, 7) is 5.21. The Bertz CT molecular complexity index is 226. The van der Waals surface area contributed by atoms with Gasteiger partial charge < -0.3 is 10.2 Å². The number of hydrogen-bond acceptors (Lipinski definition) is 2. The summed E-state index contributed by atoms with van der Waals surface area (Å²) >= 11 is 0. The third-order valence-corrected chi connectivity index (χ3v) is 3.44. The highest BCUT2D eigenvalue weighted by atomic mass is 16.2. The summed E-state index contributed by atoms with van der Waals surface area (Å²) in [6, 6.07) is 0.562. The van der Waals surface area contributed by atoms with Crippen molar-refractivity contribution in [1.29, 1.82) is 0 Å². The average molecular weight is 210 g/mol. The highest BCUT2D eigenvalue weighted by Gasteiger charge is 2.33. The third-order valence-electron chi connectivity index (χ3n) is 3.44. The van der Waals surface area contributed by atoms with Gasteiger partial charge >= 0.3 is 0 Å². The van der Waals surface area contributed by atoms with E-state index in [1.165, 1.54) is 19.3 Å². The summed E-state index contributed by atoms with van der Waals surface area (Å²) in [5.74, 6) is 1.20. The minimum Gasteiger partial charge on any atom is -0.341 e. The second-order valence-electron chi connectivity index (χ2n) is 4.84. The van der Waals surface area contributed by atoms with Gasteiger partial charge in [-0.05, 0) is 38.1 Å². The lowest BCUT2D eigenvalue weighted by atomic mass is 10.1. The summed E-state index contributed by atoms with van der Waals surface area (Å²) in [4.78, 5) is 13.6. The van der Waals surface area contributed by atoms with E-state index < -0.39 is 0 Å². The largest absolute Gasteiger partial charge is 0.341 e. The molecule has 0 aromatic heterocycles. The predicted molar refractivity (Wildman–Crippen MR) is 60.6 cm³/mol. The van der Waals surface area contributed by atoms with Crippen molar-refractivity contribution < 1.29 is 4.79 Å². The molecule has 1 aliphatic carbocycles. The van der Waals surface area contributed by atoms with E-state index in [2.05, 4.69) is 12.2 Å². The van der Waals surface area contributed by atoms with E-state index in [0.29, 0.717) is 11.9 Å². The van der Waals surface area contributed by atoms with Crippen LogP contribution in [0.4, 0.5) is 0 Å². The Morgan fingerprint density at radius 2 is 2.33 bits per heavy atom. The molecular formula is C12H22N2O. The Kier molecular flexibility index (Phi) is 3.62. The van der Waals surface area contributed by atoms with Crippen molar-refractivity contribution in [3.8, 4) is 0 Å². The van der Waals surface area contributed by atoms with Crippen LogP contribution in [0.3, 0.4) is 0 Å². The molecule has 3 nitrogen and oxygen atoms in total. The first kappa shape index (κ1) is 10.9. The molecule has 15 heavy (non-hydrogen) atoms. The van der Waals surface area contributed by atoms with Gasteiger partial charge in [0.15, 0.2) is 0 Å². The fourth-order valence-electron chi connectivity index (χ4n) is 2.34. The number of likely N-dealkylation sites (tertiary alicyclic amines) is 1. The second-order valence-corrected chi connectivity index (χ2v) is 4.84. The molecule has 3 heteroatoms. The van der Waals surface area contributed by atoms with E-state index in [-0.39, 0.29) is 0 Å². The number of carbonyl (C=O) groups is 1. The number of amides is 1. The number of nitrogens with zero attached hydrogens (tertiary/aromatic N) is 1. The highest BCUT2D eigenvalue weighted by Crippen LogP contribution is 2.33. The minimum absolute atomic E-state index is 0.360. The first-order valence-corrected chi connectivity index (χ1v) is 6.32. The molecule has 0 aromatic rings. The molecule has 1 unspecified atom stereocenters. The molecule has 2 rings (SSSR count). The molecule has 0 bridgehead atoms. The zero-order chi connectivity index (χ0) is 10.7. The van der Waals surface area contributed by atoms with Crippen molar-refractivity contribution >= 4 is 5.91 Å². The zero-order valence-corrected chi connectivity index (χ0v) is 9.67. The van der Waals surface area contributed by atoms with E-state index in [9.17, 15) is 4.79 Å². The molecule has 1 aliphatic heterocycles. The molecule has 0 radical (unpaired) electrons. The van der Waals surface area contributed by atoms with E-state index in [1.54, 1.807) is 0 Å². The van der Waals surface area contributed by atoms with E-state index in [1.807, 2.05) is 4.90 Å². The fourth-order valence-corrected chi connectivity index (χ4v) is 2.34.